The third kappa shape index (κ3) is 4.74. The van der Waals surface area contributed by atoms with E-state index in [-0.39, 0.29) is 11.9 Å². The van der Waals surface area contributed by atoms with Crippen LogP contribution in [0.5, 0.6) is 0 Å². The lowest BCUT2D eigenvalue weighted by molar-refractivity contribution is -0.148. The standard InChI is InChI=1S/C16H22O2/c1-12(2)14(13-9-7-6-8-10-13)11-15(17)18-16(3,4)5/h6-12H,1-5H3/b14-11+. The number of esters is 1. The molecule has 0 aliphatic heterocycles. The van der Waals surface area contributed by atoms with Gasteiger partial charge in [0.05, 0.1) is 0 Å². The fourth-order valence-electron chi connectivity index (χ4n) is 1.67. The molecule has 18 heavy (non-hydrogen) atoms. The Labute approximate surface area is 110 Å². The average Bonchev–Trinajstić information content (AvgIpc) is 2.24. The van der Waals surface area contributed by atoms with Crippen molar-refractivity contribution in [3.63, 3.8) is 0 Å². The molecule has 0 amide bonds. The van der Waals surface area contributed by atoms with Crippen molar-refractivity contribution in [2.24, 2.45) is 5.92 Å². The average molecular weight is 246 g/mol. The van der Waals surface area contributed by atoms with Gasteiger partial charge in [0.25, 0.3) is 0 Å². The highest BCUT2D eigenvalue weighted by Crippen LogP contribution is 2.23. The molecule has 2 heteroatoms. The van der Waals surface area contributed by atoms with Crippen LogP contribution in [0.25, 0.3) is 5.57 Å². The molecule has 98 valence electrons. The molecule has 0 fully saturated rings. The van der Waals surface area contributed by atoms with E-state index < -0.39 is 5.60 Å². The van der Waals surface area contributed by atoms with Crippen molar-refractivity contribution in [1.82, 2.24) is 0 Å². The maximum atomic E-state index is 11.8. The van der Waals surface area contributed by atoms with Gasteiger partial charge >= 0.3 is 5.97 Å². The van der Waals surface area contributed by atoms with Crippen molar-refractivity contribution in [2.45, 2.75) is 40.2 Å². The van der Waals surface area contributed by atoms with Crippen LogP contribution in [0.15, 0.2) is 36.4 Å². The van der Waals surface area contributed by atoms with E-state index in [0.29, 0.717) is 0 Å². The normalized spacial score (nSPS) is 12.7. The van der Waals surface area contributed by atoms with Crippen LogP contribution in [0.1, 0.15) is 40.2 Å². The van der Waals surface area contributed by atoms with Gasteiger partial charge in [0.15, 0.2) is 0 Å². The zero-order valence-electron chi connectivity index (χ0n) is 11.9. The second-order valence-electron chi connectivity index (χ2n) is 5.65. The first kappa shape index (κ1) is 14.5. The topological polar surface area (TPSA) is 26.3 Å². The molecule has 1 aromatic rings. The quantitative estimate of drug-likeness (QED) is 0.593. The molecular formula is C16H22O2. The number of hydrogen-bond acceptors (Lipinski definition) is 2. The summed E-state index contributed by atoms with van der Waals surface area (Å²) in [6.07, 6.45) is 1.60. The van der Waals surface area contributed by atoms with Crippen LogP contribution in [0.2, 0.25) is 0 Å². The molecule has 0 heterocycles. The fraction of sp³-hybridized carbons (Fsp3) is 0.438. The van der Waals surface area contributed by atoms with Crippen molar-refractivity contribution in [1.29, 1.82) is 0 Å². The van der Waals surface area contributed by atoms with Gasteiger partial charge in [-0.2, -0.15) is 0 Å². The van der Waals surface area contributed by atoms with Crippen molar-refractivity contribution in [3.8, 4) is 0 Å². The number of rotatable bonds is 3. The summed E-state index contributed by atoms with van der Waals surface area (Å²) >= 11 is 0. The van der Waals surface area contributed by atoms with E-state index in [1.165, 1.54) is 0 Å². The Morgan fingerprint density at radius 3 is 2.17 bits per heavy atom. The van der Waals surface area contributed by atoms with E-state index in [1.807, 2.05) is 51.1 Å². The predicted molar refractivity (Wildman–Crippen MR) is 75.1 cm³/mol. The summed E-state index contributed by atoms with van der Waals surface area (Å²) in [6, 6.07) is 9.93. The summed E-state index contributed by atoms with van der Waals surface area (Å²) in [5.41, 5.74) is 1.62. The lowest BCUT2D eigenvalue weighted by Gasteiger charge is -2.19. The first-order valence-corrected chi connectivity index (χ1v) is 6.29. The summed E-state index contributed by atoms with van der Waals surface area (Å²) in [4.78, 5) is 11.8. The molecule has 0 unspecified atom stereocenters. The molecule has 0 saturated carbocycles. The van der Waals surface area contributed by atoms with Crippen LogP contribution in [0.4, 0.5) is 0 Å². The Morgan fingerprint density at radius 2 is 1.72 bits per heavy atom. The number of benzene rings is 1. The van der Waals surface area contributed by atoms with Gasteiger partial charge in [0, 0.05) is 6.08 Å². The van der Waals surface area contributed by atoms with Crippen LogP contribution in [-0.4, -0.2) is 11.6 Å². The van der Waals surface area contributed by atoms with Gasteiger partial charge in [-0.3, -0.25) is 0 Å². The molecule has 0 radical (unpaired) electrons. The second-order valence-corrected chi connectivity index (χ2v) is 5.65. The first-order chi connectivity index (χ1) is 8.29. The van der Waals surface area contributed by atoms with E-state index in [4.69, 9.17) is 4.74 Å². The van der Waals surface area contributed by atoms with Crippen LogP contribution in [0.3, 0.4) is 0 Å². The van der Waals surface area contributed by atoms with E-state index in [1.54, 1.807) is 6.08 Å². The highest BCUT2D eigenvalue weighted by atomic mass is 16.6. The molecule has 0 aliphatic carbocycles. The fourth-order valence-corrected chi connectivity index (χ4v) is 1.67. The lowest BCUT2D eigenvalue weighted by Crippen LogP contribution is -2.23. The molecule has 0 bridgehead atoms. The minimum Gasteiger partial charge on any atom is -0.457 e. The molecule has 0 spiro atoms. The van der Waals surface area contributed by atoms with Crippen molar-refractivity contribution >= 4 is 11.5 Å². The number of allylic oxidation sites excluding steroid dienone is 1. The highest BCUT2D eigenvalue weighted by molar-refractivity contribution is 5.92. The summed E-state index contributed by atoms with van der Waals surface area (Å²) in [5, 5.41) is 0. The molecule has 1 rings (SSSR count). The molecule has 2 nitrogen and oxygen atoms in total. The van der Waals surface area contributed by atoms with Gasteiger partial charge in [-0.1, -0.05) is 44.2 Å². The number of hydrogen-bond donors (Lipinski definition) is 0. The van der Waals surface area contributed by atoms with Crippen LogP contribution in [0, 0.1) is 5.92 Å². The minimum absolute atomic E-state index is 0.278. The third-order valence-electron chi connectivity index (χ3n) is 2.41. The predicted octanol–water partition coefficient (Wildman–Crippen LogP) is 4.07. The van der Waals surface area contributed by atoms with Gasteiger partial charge in [-0.05, 0) is 37.8 Å². The number of carbonyl (C=O) groups is 1. The Balaban J connectivity index is 2.97. The number of carbonyl (C=O) groups excluding carboxylic acids is 1. The van der Waals surface area contributed by atoms with Gasteiger partial charge in [-0.15, -0.1) is 0 Å². The number of ether oxygens (including phenoxy) is 1. The van der Waals surface area contributed by atoms with Crippen molar-refractivity contribution in [3.05, 3.63) is 42.0 Å². The monoisotopic (exact) mass is 246 g/mol. The second kappa shape index (κ2) is 5.85. The van der Waals surface area contributed by atoms with Crippen LogP contribution >= 0.6 is 0 Å². The Morgan fingerprint density at radius 1 is 1.17 bits per heavy atom. The summed E-state index contributed by atoms with van der Waals surface area (Å²) < 4.78 is 5.32. The Kier molecular flexibility index (Phi) is 4.71. The zero-order valence-corrected chi connectivity index (χ0v) is 11.9. The van der Waals surface area contributed by atoms with E-state index >= 15 is 0 Å². The molecule has 0 saturated heterocycles. The summed E-state index contributed by atoms with van der Waals surface area (Å²) in [5.74, 6) is -0.00466. The molecule has 0 aliphatic rings. The van der Waals surface area contributed by atoms with Crippen LogP contribution in [-0.2, 0) is 9.53 Å². The van der Waals surface area contributed by atoms with Gasteiger partial charge in [0.2, 0.25) is 0 Å². The molecule has 1 aromatic carbocycles. The van der Waals surface area contributed by atoms with E-state index in [0.717, 1.165) is 11.1 Å². The maximum Gasteiger partial charge on any atom is 0.331 e. The van der Waals surface area contributed by atoms with Gasteiger partial charge < -0.3 is 4.74 Å². The molecule has 0 aromatic heterocycles. The third-order valence-corrected chi connectivity index (χ3v) is 2.41. The smallest absolute Gasteiger partial charge is 0.331 e. The lowest BCUT2D eigenvalue weighted by atomic mass is 9.95. The molecule has 0 N–H and O–H groups in total. The largest absolute Gasteiger partial charge is 0.457 e. The molecule has 0 atom stereocenters. The maximum absolute atomic E-state index is 11.8. The van der Waals surface area contributed by atoms with E-state index in [9.17, 15) is 4.79 Å². The summed E-state index contributed by atoms with van der Waals surface area (Å²) in [6.45, 7) is 9.76. The van der Waals surface area contributed by atoms with Crippen LogP contribution < -0.4 is 0 Å². The van der Waals surface area contributed by atoms with Crippen molar-refractivity contribution in [2.75, 3.05) is 0 Å². The Bertz CT molecular complexity index is 422. The molecular weight excluding hydrogens is 224 g/mol. The minimum atomic E-state index is -0.452. The van der Waals surface area contributed by atoms with Gasteiger partial charge in [-0.25, -0.2) is 4.79 Å². The SMILES string of the molecule is CC(C)/C(=C\C(=O)OC(C)(C)C)c1ccccc1. The first-order valence-electron chi connectivity index (χ1n) is 6.29. The highest BCUT2D eigenvalue weighted by Gasteiger charge is 2.16. The van der Waals surface area contributed by atoms with Gasteiger partial charge in [0.1, 0.15) is 5.60 Å². The van der Waals surface area contributed by atoms with Crippen molar-refractivity contribution < 1.29 is 9.53 Å². The van der Waals surface area contributed by atoms with E-state index in [2.05, 4.69) is 13.8 Å². The zero-order chi connectivity index (χ0) is 13.8. The summed E-state index contributed by atoms with van der Waals surface area (Å²) in [7, 11) is 0. The Hall–Kier alpha value is -1.57.